The molecule has 2 aliphatic heterocycles. The van der Waals surface area contributed by atoms with E-state index in [-0.39, 0.29) is 36.3 Å². The predicted octanol–water partition coefficient (Wildman–Crippen LogP) is 1.49. The molecule has 2 aliphatic rings. The number of halogens is 1. The van der Waals surface area contributed by atoms with Crippen LogP contribution in [0.15, 0.2) is 24.3 Å². The van der Waals surface area contributed by atoms with Crippen LogP contribution >= 0.6 is 0 Å². The van der Waals surface area contributed by atoms with Crippen LogP contribution in [0, 0.1) is 5.82 Å². The lowest BCUT2D eigenvalue weighted by molar-refractivity contribution is -0.138. The molecule has 0 unspecified atom stereocenters. The monoisotopic (exact) mass is 350 g/mol. The topological polar surface area (TPSA) is 67.9 Å². The van der Waals surface area contributed by atoms with E-state index in [0.29, 0.717) is 38.3 Å². The SMILES string of the molecule is O=C(CN1CCCCC1=O)N[C@@H]1COCC[C@@H]1Oc1cccc(F)c1. The average molecular weight is 350 g/mol. The maximum absolute atomic E-state index is 13.3. The second kappa shape index (κ2) is 8.29. The van der Waals surface area contributed by atoms with Crippen molar-refractivity contribution in [1.29, 1.82) is 0 Å². The van der Waals surface area contributed by atoms with Crippen molar-refractivity contribution in [1.82, 2.24) is 10.2 Å². The van der Waals surface area contributed by atoms with Gasteiger partial charge in [0.1, 0.15) is 17.7 Å². The first-order valence-electron chi connectivity index (χ1n) is 8.69. The number of piperidine rings is 1. The van der Waals surface area contributed by atoms with Crippen LogP contribution in [0.5, 0.6) is 5.75 Å². The summed E-state index contributed by atoms with van der Waals surface area (Å²) in [5.74, 6) is -0.140. The van der Waals surface area contributed by atoms with Crippen molar-refractivity contribution in [3.8, 4) is 5.75 Å². The van der Waals surface area contributed by atoms with Gasteiger partial charge in [-0.25, -0.2) is 4.39 Å². The predicted molar refractivity (Wildman–Crippen MR) is 88.6 cm³/mol. The van der Waals surface area contributed by atoms with E-state index in [0.717, 1.165) is 12.8 Å². The van der Waals surface area contributed by atoms with Crippen LogP contribution in [0.25, 0.3) is 0 Å². The third-order valence-corrected chi connectivity index (χ3v) is 4.48. The van der Waals surface area contributed by atoms with E-state index in [1.165, 1.54) is 12.1 Å². The molecule has 0 aliphatic carbocycles. The molecule has 2 heterocycles. The smallest absolute Gasteiger partial charge is 0.240 e. The van der Waals surface area contributed by atoms with E-state index in [1.807, 2.05) is 0 Å². The largest absolute Gasteiger partial charge is 0.488 e. The number of nitrogens with one attached hydrogen (secondary N) is 1. The third-order valence-electron chi connectivity index (χ3n) is 4.48. The van der Waals surface area contributed by atoms with Crippen molar-refractivity contribution in [2.75, 3.05) is 26.3 Å². The standard InChI is InChI=1S/C18H23FN2O4/c19-13-4-3-5-14(10-13)25-16-7-9-24-12-15(16)20-17(22)11-21-8-2-1-6-18(21)23/h3-5,10,15-16H,1-2,6-9,11-12H2,(H,20,22)/t15-,16+/m1/s1. The summed E-state index contributed by atoms with van der Waals surface area (Å²) >= 11 is 0. The highest BCUT2D eigenvalue weighted by atomic mass is 19.1. The summed E-state index contributed by atoms with van der Waals surface area (Å²) in [6.45, 7) is 1.54. The first-order valence-corrected chi connectivity index (χ1v) is 8.69. The Kier molecular flexibility index (Phi) is 5.86. The Morgan fingerprint density at radius 3 is 3.08 bits per heavy atom. The van der Waals surface area contributed by atoms with E-state index < -0.39 is 0 Å². The van der Waals surface area contributed by atoms with Crippen molar-refractivity contribution < 1.29 is 23.5 Å². The van der Waals surface area contributed by atoms with Gasteiger partial charge >= 0.3 is 0 Å². The molecule has 2 atom stereocenters. The number of ether oxygens (including phenoxy) is 2. The number of hydrogen-bond donors (Lipinski definition) is 1. The Hall–Kier alpha value is -2.15. The maximum Gasteiger partial charge on any atom is 0.240 e. The second-order valence-electron chi connectivity index (χ2n) is 6.42. The second-order valence-corrected chi connectivity index (χ2v) is 6.42. The molecule has 7 heteroatoms. The number of carbonyl (C=O) groups is 2. The first-order chi connectivity index (χ1) is 12.1. The number of hydrogen-bond acceptors (Lipinski definition) is 4. The highest BCUT2D eigenvalue weighted by molar-refractivity contribution is 5.85. The normalized spacial score (nSPS) is 24.0. The van der Waals surface area contributed by atoms with E-state index >= 15 is 0 Å². The Morgan fingerprint density at radius 1 is 1.40 bits per heavy atom. The average Bonchev–Trinajstić information content (AvgIpc) is 2.59. The number of likely N-dealkylation sites (tertiary alicyclic amines) is 1. The number of nitrogens with zero attached hydrogens (tertiary/aromatic N) is 1. The van der Waals surface area contributed by atoms with Gasteiger partial charge in [0.25, 0.3) is 0 Å². The van der Waals surface area contributed by atoms with Crippen molar-refractivity contribution in [2.45, 2.75) is 37.8 Å². The molecular formula is C18H23FN2O4. The highest BCUT2D eigenvalue weighted by Gasteiger charge is 2.30. The number of rotatable bonds is 5. The molecular weight excluding hydrogens is 327 g/mol. The van der Waals surface area contributed by atoms with Gasteiger partial charge in [-0.1, -0.05) is 6.07 Å². The summed E-state index contributed by atoms with van der Waals surface area (Å²) in [6.07, 6.45) is 2.62. The molecule has 1 aromatic carbocycles. The highest BCUT2D eigenvalue weighted by Crippen LogP contribution is 2.19. The lowest BCUT2D eigenvalue weighted by atomic mass is 10.1. The zero-order valence-electron chi connectivity index (χ0n) is 14.1. The van der Waals surface area contributed by atoms with Gasteiger partial charge in [-0.05, 0) is 25.0 Å². The van der Waals surface area contributed by atoms with Gasteiger partial charge in [-0.3, -0.25) is 9.59 Å². The minimum atomic E-state index is -0.367. The molecule has 0 radical (unpaired) electrons. The Labute approximate surface area is 146 Å². The Bertz CT molecular complexity index is 625. The third kappa shape index (κ3) is 4.92. The molecule has 1 N–H and O–H groups in total. The summed E-state index contributed by atoms with van der Waals surface area (Å²) in [5.41, 5.74) is 0. The molecule has 2 amide bonds. The summed E-state index contributed by atoms with van der Waals surface area (Å²) < 4.78 is 24.6. The van der Waals surface area contributed by atoms with Crippen LogP contribution in [-0.2, 0) is 14.3 Å². The molecule has 2 fully saturated rings. The maximum atomic E-state index is 13.3. The van der Waals surface area contributed by atoms with Crippen molar-refractivity contribution in [3.05, 3.63) is 30.1 Å². The van der Waals surface area contributed by atoms with Crippen molar-refractivity contribution >= 4 is 11.8 Å². The lowest BCUT2D eigenvalue weighted by Crippen LogP contribution is -2.54. The summed E-state index contributed by atoms with van der Waals surface area (Å²) in [6, 6.07) is 5.61. The van der Waals surface area contributed by atoms with Gasteiger partial charge in [0.2, 0.25) is 11.8 Å². The van der Waals surface area contributed by atoms with Gasteiger partial charge < -0.3 is 19.7 Å². The molecule has 0 spiro atoms. The van der Waals surface area contributed by atoms with Gasteiger partial charge in [0, 0.05) is 25.5 Å². The van der Waals surface area contributed by atoms with Crippen molar-refractivity contribution in [2.24, 2.45) is 0 Å². The Balaban J connectivity index is 1.56. The van der Waals surface area contributed by atoms with Crippen LogP contribution in [0.1, 0.15) is 25.7 Å². The molecule has 1 aromatic rings. The lowest BCUT2D eigenvalue weighted by Gasteiger charge is -2.33. The van der Waals surface area contributed by atoms with Gasteiger partial charge in [0.05, 0.1) is 25.8 Å². The van der Waals surface area contributed by atoms with E-state index in [4.69, 9.17) is 9.47 Å². The fourth-order valence-corrected chi connectivity index (χ4v) is 3.16. The molecule has 25 heavy (non-hydrogen) atoms. The summed E-state index contributed by atoms with van der Waals surface area (Å²) in [7, 11) is 0. The van der Waals surface area contributed by atoms with Crippen LogP contribution in [0.3, 0.4) is 0 Å². The minimum Gasteiger partial charge on any atom is -0.488 e. The fraction of sp³-hybridized carbons (Fsp3) is 0.556. The molecule has 0 aromatic heterocycles. The minimum absolute atomic E-state index is 0.0221. The number of amides is 2. The molecule has 0 saturated carbocycles. The molecule has 0 bridgehead atoms. The molecule has 2 saturated heterocycles. The van der Waals surface area contributed by atoms with Gasteiger partial charge in [-0.2, -0.15) is 0 Å². The number of benzene rings is 1. The first kappa shape index (κ1) is 17.7. The van der Waals surface area contributed by atoms with Crippen molar-refractivity contribution in [3.63, 3.8) is 0 Å². The van der Waals surface area contributed by atoms with Crippen LogP contribution in [-0.4, -0.2) is 55.2 Å². The number of carbonyl (C=O) groups excluding carboxylic acids is 2. The van der Waals surface area contributed by atoms with Gasteiger partial charge in [0.15, 0.2) is 0 Å². The van der Waals surface area contributed by atoms with E-state index in [9.17, 15) is 14.0 Å². The molecule has 136 valence electrons. The van der Waals surface area contributed by atoms with Gasteiger partial charge in [-0.15, -0.1) is 0 Å². The quantitative estimate of drug-likeness (QED) is 0.874. The molecule has 6 nitrogen and oxygen atoms in total. The fourth-order valence-electron chi connectivity index (χ4n) is 3.16. The zero-order valence-corrected chi connectivity index (χ0v) is 14.1. The van der Waals surface area contributed by atoms with Crippen LogP contribution in [0.2, 0.25) is 0 Å². The van der Waals surface area contributed by atoms with Crippen LogP contribution < -0.4 is 10.1 Å². The van der Waals surface area contributed by atoms with E-state index in [1.54, 1.807) is 17.0 Å². The summed E-state index contributed by atoms with van der Waals surface area (Å²) in [4.78, 5) is 25.7. The van der Waals surface area contributed by atoms with Crippen LogP contribution in [0.4, 0.5) is 4.39 Å². The summed E-state index contributed by atoms with van der Waals surface area (Å²) in [5, 5.41) is 2.90. The molecule has 3 rings (SSSR count). The zero-order chi connectivity index (χ0) is 17.6. The van der Waals surface area contributed by atoms with E-state index in [2.05, 4.69) is 5.32 Å². The Morgan fingerprint density at radius 2 is 2.28 bits per heavy atom.